The number of fused-ring (bicyclic) bond motifs is 1. The fraction of sp³-hybridized carbons (Fsp3) is 0.500. The first-order valence-electron chi connectivity index (χ1n) is 6.00. The van der Waals surface area contributed by atoms with Crippen LogP contribution in [0.15, 0.2) is 0 Å². The van der Waals surface area contributed by atoms with Gasteiger partial charge in [0.1, 0.15) is 23.3 Å². The summed E-state index contributed by atoms with van der Waals surface area (Å²) >= 11 is 36.4. The topological polar surface area (TPSA) is 30.5 Å². The van der Waals surface area contributed by atoms with E-state index in [-0.39, 0.29) is 56.2 Å². The Balaban J connectivity index is 2.44. The number of alkyl halides is 2. The van der Waals surface area contributed by atoms with E-state index in [0.717, 1.165) is 0 Å². The molecule has 3 nitrogen and oxygen atoms in total. The molecule has 0 saturated heterocycles. The molecule has 1 aromatic carbocycles. The maximum Gasteiger partial charge on any atom is 0.183 e. The van der Waals surface area contributed by atoms with Gasteiger partial charge in [-0.25, -0.2) is 0 Å². The minimum atomic E-state index is -0.272. The Morgan fingerprint density at radius 2 is 1.43 bits per heavy atom. The van der Waals surface area contributed by atoms with Crippen LogP contribution in [0.3, 0.4) is 0 Å². The molecule has 0 bridgehead atoms. The number of ether oxygens (including phenoxy) is 2. The van der Waals surface area contributed by atoms with Gasteiger partial charge in [-0.15, -0.1) is 23.2 Å². The summed E-state index contributed by atoms with van der Waals surface area (Å²) < 4.78 is 11.3. The van der Waals surface area contributed by atoms with Crippen molar-refractivity contribution in [3.05, 3.63) is 20.1 Å². The quantitative estimate of drug-likeness (QED) is 0.404. The first-order chi connectivity index (χ1) is 9.95. The van der Waals surface area contributed by atoms with Crippen molar-refractivity contribution in [2.24, 2.45) is 0 Å². The highest BCUT2D eigenvalue weighted by Crippen LogP contribution is 2.50. The molecule has 1 aliphatic heterocycles. The van der Waals surface area contributed by atoms with Crippen molar-refractivity contribution in [1.29, 1.82) is 0 Å². The zero-order chi connectivity index (χ0) is 15.6. The van der Waals surface area contributed by atoms with Crippen molar-refractivity contribution < 1.29 is 9.47 Å². The lowest BCUT2D eigenvalue weighted by Gasteiger charge is -2.24. The molecule has 1 aromatic rings. The van der Waals surface area contributed by atoms with E-state index in [0.29, 0.717) is 12.4 Å². The number of benzene rings is 1. The summed E-state index contributed by atoms with van der Waals surface area (Å²) in [6, 6.07) is -0.0943. The molecular weight excluding hydrogens is 403 g/mol. The summed E-state index contributed by atoms with van der Waals surface area (Å²) in [4.78, 5) is 0. The van der Waals surface area contributed by atoms with Gasteiger partial charge in [0.15, 0.2) is 11.5 Å². The van der Waals surface area contributed by atoms with Crippen molar-refractivity contribution in [2.45, 2.75) is 11.4 Å². The van der Waals surface area contributed by atoms with Crippen molar-refractivity contribution >= 4 is 69.6 Å². The van der Waals surface area contributed by atoms with Crippen molar-refractivity contribution in [3.63, 3.8) is 0 Å². The SMILES string of the molecule is ClCC1COc2c(Cl)c(Cl)c(Cl)c(Cl)c2OCC(Cl)CN1. The highest BCUT2D eigenvalue weighted by molar-refractivity contribution is 6.53. The molecule has 2 rings (SSSR count). The van der Waals surface area contributed by atoms with Crippen LogP contribution in [0.25, 0.3) is 0 Å². The second kappa shape index (κ2) is 7.87. The van der Waals surface area contributed by atoms with Crippen LogP contribution in [0.2, 0.25) is 20.1 Å². The highest BCUT2D eigenvalue weighted by Gasteiger charge is 2.25. The number of halogens is 6. The highest BCUT2D eigenvalue weighted by atomic mass is 35.5. The fourth-order valence-electron chi connectivity index (χ4n) is 1.72. The van der Waals surface area contributed by atoms with Gasteiger partial charge >= 0.3 is 0 Å². The number of hydrogen-bond acceptors (Lipinski definition) is 3. The molecule has 1 heterocycles. The van der Waals surface area contributed by atoms with Gasteiger partial charge in [0, 0.05) is 12.4 Å². The Hall–Kier alpha value is 0.520. The minimum absolute atomic E-state index is 0.0943. The molecule has 118 valence electrons. The first kappa shape index (κ1) is 17.9. The predicted molar refractivity (Wildman–Crippen MR) is 89.6 cm³/mol. The molecule has 0 saturated carbocycles. The van der Waals surface area contributed by atoms with E-state index >= 15 is 0 Å². The van der Waals surface area contributed by atoms with Gasteiger partial charge in [0.05, 0.1) is 21.5 Å². The molecular formula is C12H11Cl6NO2. The monoisotopic (exact) mass is 411 g/mol. The number of nitrogens with one attached hydrogen (secondary N) is 1. The maximum atomic E-state index is 6.17. The summed E-state index contributed by atoms with van der Waals surface area (Å²) in [5.41, 5.74) is 0. The summed E-state index contributed by atoms with van der Waals surface area (Å²) in [7, 11) is 0. The van der Waals surface area contributed by atoms with Gasteiger partial charge in [-0.2, -0.15) is 0 Å². The smallest absolute Gasteiger partial charge is 0.183 e. The Labute approximate surface area is 152 Å². The average molecular weight is 414 g/mol. The van der Waals surface area contributed by atoms with Gasteiger partial charge < -0.3 is 14.8 Å². The third-order valence-corrected chi connectivity index (χ3v) is 5.25. The van der Waals surface area contributed by atoms with E-state index in [2.05, 4.69) is 5.32 Å². The lowest BCUT2D eigenvalue weighted by molar-refractivity contribution is 0.230. The van der Waals surface area contributed by atoms with Crippen LogP contribution in [-0.2, 0) is 0 Å². The molecule has 21 heavy (non-hydrogen) atoms. The second-order valence-corrected chi connectivity index (χ2v) is 6.83. The molecule has 9 heteroatoms. The summed E-state index contributed by atoms with van der Waals surface area (Å²) in [6.45, 7) is 0.982. The molecule has 2 atom stereocenters. The molecule has 2 unspecified atom stereocenters. The molecule has 1 aliphatic rings. The fourth-order valence-corrected chi connectivity index (χ4v) is 3.00. The first-order valence-corrected chi connectivity index (χ1v) is 8.49. The third-order valence-electron chi connectivity index (χ3n) is 2.83. The van der Waals surface area contributed by atoms with E-state index in [9.17, 15) is 0 Å². The minimum Gasteiger partial charge on any atom is -0.486 e. The van der Waals surface area contributed by atoms with E-state index < -0.39 is 0 Å². The zero-order valence-electron chi connectivity index (χ0n) is 10.6. The lowest BCUT2D eigenvalue weighted by atomic mass is 10.2. The molecule has 0 amide bonds. The van der Waals surface area contributed by atoms with Gasteiger partial charge in [0.2, 0.25) is 0 Å². The average Bonchev–Trinajstić information content (AvgIpc) is 2.49. The Bertz CT molecular complexity index is 527. The molecule has 1 N–H and O–H groups in total. The van der Waals surface area contributed by atoms with Crippen LogP contribution in [0, 0.1) is 0 Å². The molecule has 0 aliphatic carbocycles. The van der Waals surface area contributed by atoms with Crippen LogP contribution >= 0.6 is 69.6 Å². The van der Waals surface area contributed by atoms with Crippen LogP contribution in [0.1, 0.15) is 0 Å². The number of rotatable bonds is 1. The van der Waals surface area contributed by atoms with Crippen LogP contribution < -0.4 is 14.8 Å². The zero-order valence-corrected chi connectivity index (χ0v) is 15.1. The van der Waals surface area contributed by atoms with Crippen molar-refractivity contribution in [2.75, 3.05) is 25.6 Å². The maximum absolute atomic E-state index is 6.17. The van der Waals surface area contributed by atoms with Gasteiger partial charge in [-0.05, 0) is 0 Å². The third kappa shape index (κ3) is 4.08. The van der Waals surface area contributed by atoms with Crippen molar-refractivity contribution in [3.8, 4) is 11.5 Å². The molecule has 0 radical (unpaired) electrons. The summed E-state index contributed by atoms with van der Waals surface area (Å²) in [5, 5.41) is 3.41. The van der Waals surface area contributed by atoms with E-state index in [1.54, 1.807) is 0 Å². The molecule has 0 aromatic heterocycles. The van der Waals surface area contributed by atoms with Crippen molar-refractivity contribution in [1.82, 2.24) is 5.32 Å². The Kier molecular flexibility index (Phi) is 6.70. The normalized spacial score (nSPS) is 23.0. The molecule has 0 spiro atoms. The standard InChI is InChI=1S/C12H11Cl6NO2/c13-1-6-4-21-12-10(18)8(16)7(15)9(17)11(12)20-3-5(14)2-19-6/h5-6,19H,1-4H2. The van der Waals surface area contributed by atoms with Crippen LogP contribution in [-0.4, -0.2) is 37.1 Å². The van der Waals surface area contributed by atoms with Gasteiger partial charge in [-0.3, -0.25) is 0 Å². The largest absolute Gasteiger partial charge is 0.486 e. The van der Waals surface area contributed by atoms with E-state index in [1.165, 1.54) is 0 Å². The van der Waals surface area contributed by atoms with Crippen LogP contribution in [0.4, 0.5) is 0 Å². The van der Waals surface area contributed by atoms with Crippen LogP contribution in [0.5, 0.6) is 11.5 Å². The predicted octanol–water partition coefficient (Wildman–Crippen LogP) is 4.88. The number of hydrogen-bond donors (Lipinski definition) is 1. The van der Waals surface area contributed by atoms with E-state index in [4.69, 9.17) is 79.1 Å². The second-order valence-electron chi connectivity index (χ2n) is 4.39. The Morgan fingerprint density at radius 3 is 1.95 bits per heavy atom. The summed E-state index contributed by atoms with van der Waals surface area (Å²) in [5.74, 6) is 0.822. The van der Waals surface area contributed by atoms with Gasteiger partial charge in [0.25, 0.3) is 0 Å². The van der Waals surface area contributed by atoms with Gasteiger partial charge in [-0.1, -0.05) is 46.4 Å². The van der Waals surface area contributed by atoms with E-state index in [1.807, 2.05) is 0 Å². The summed E-state index contributed by atoms with van der Waals surface area (Å²) in [6.07, 6.45) is 0. The Morgan fingerprint density at radius 1 is 0.905 bits per heavy atom. The lowest BCUT2D eigenvalue weighted by Crippen LogP contribution is -2.41. The molecule has 0 fully saturated rings.